The molecule has 0 radical (unpaired) electrons. The lowest BCUT2D eigenvalue weighted by Gasteiger charge is -2.21. The van der Waals surface area contributed by atoms with Crippen LogP contribution in [-0.4, -0.2) is 28.3 Å². The average molecular weight is 299 g/mol. The Morgan fingerprint density at radius 2 is 1.91 bits per heavy atom. The van der Waals surface area contributed by atoms with Gasteiger partial charge in [-0.05, 0) is 25.3 Å². The normalized spacial score (nSPS) is 10.5. The highest BCUT2D eigenvalue weighted by atomic mass is 15.3. The first-order valence-corrected chi connectivity index (χ1v) is 7.97. The summed E-state index contributed by atoms with van der Waals surface area (Å²) in [5.74, 6) is 1.47. The number of aryl methyl sites for hydroxylation is 1. The van der Waals surface area contributed by atoms with Crippen molar-refractivity contribution in [2.75, 3.05) is 23.3 Å². The second kappa shape index (κ2) is 8.32. The molecule has 0 aliphatic heterocycles. The van der Waals surface area contributed by atoms with E-state index in [4.69, 9.17) is 0 Å². The summed E-state index contributed by atoms with van der Waals surface area (Å²) in [5.41, 5.74) is 2.50. The van der Waals surface area contributed by atoms with Crippen LogP contribution >= 0.6 is 0 Å². The van der Waals surface area contributed by atoms with E-state index in [1.807, 2.05) is 0 Å². The van der Waals surface area contributed by atoms with Gasteiger partial charge in [0.2, 0.25) is 5.95 Å². The lowest BCUT2D eigenvalue weighted by atomic mass is 10.1. The number of nitrogens with one attached hydrogen (secondary N) is 1. The Labute approximate surface area is 132 Å². The van der Waals surface area contributed by atoms with Gasteiger partial charge < -0.3 is 10.2 Å². The van der Waals surface area contributed by atoms with Crippen LogP contribution in [0.3, 0.4) is 0 Å². The summed E-state index contributed by atoms with van der Waals surface area (Å²) in [6.07, 6.45) is 3.82. The summed E-state index contributed by atoms with van der Waals surface area (Å²) >= 11 is 0. The van der Waals surface area contributed by atoms with Crippen LogP contribution in [0, 0.1) is 6.92 Å². The summed E-state index contributed by atoms with van der Waals surface area (Å²) in [7, 11) is 0. The minimum absolute atomic E-state index is 0.706. The maximum absolute atomic E-state index is 4.59. The third kappa shape index (κ3) is 4.69. The summed E-state index contributed by atoms with van der Waals surface area (Å²) in [5, 5.41) is 11.6. The van der Waals surface area contributed by atoms with E-state index < -0.39 is 0 Å². The van der Waals surface area contributed by atoms with Gasteiger partial charge >= 0.3 is 0 Å². The molecule has 118 valence electrons. The van der Waals surface area contributed by atoms with Crippen LogP contribution in [-0.2, 0) is 6.54 Å². The standard InChI is InChI=1S/C17H25N5/c1-4-9-22(10-5-2)17-20-16(13-19-21-17)18-12-15-8-6-7-14(3)11-15/h6-8,11,13H,4-5,9-10,12H2,1-3H3,(H,18,20,21). The zero-order chi connectivity index (χ0) is 15.8. The first-order chi connectivity index (χ1) is 10.7. The fourth-order valence-electron chi connectivity index (χ4n) is 2.38. The Hall–Kier alpha value is -2.17. The van der Waals surface area contributed by atoms with Crippen molar-refractivity contribution in [3.63, 3.8) is 0 Å². The van der Waals surface area contributed by atoms with E-state index >= 15 is 0 Å². The lowest BCUT2D eigenvalue weighted by molar-refractivity contribution is 0.710. The Morgan fingerprint density at radius 3 is 2.59 bits per heavy atom. The molecular weight excluding hydrogens is 274 g/mol. The smallest absolute Gasteiger partial charge is 0.247 e. The number of nitrogens with zero attached hydrogens (tertiary/aromatic N) is 4. The van der Waals surface area contributed by atoms with Crippen LogP contribution in [0.15, 0.2) is 30.5 Å². The third-order valence-corrected chi connectivity index (χ3v) is 3.37. The van der Waals surface area contributed by atoms with Crippen molar-refractivity contribution in [2.24, 2.45) is 0 Å². The largest absolute Gasteiger partial charge is 0.365 e. The van der Waals surface area contributed by atoms with Crippen LogP contribution in [0.1, 0.15) is 37.8 Å². The van der Waals surface area contributed by atoms with Gasteiger partial charge in [-0.25, -0.2) is 0 Å². The van der Waals surface area contributed by atoms with E-state index in [0.29, 0.717) is 5.95 Å². The Morgan fingerprint density at radius 1 is 1.14 bits per heavy atom. The van der Waals surface area contributed by atoms with Crippen molar-refractivity contribution >= 4 is 11.8 Å². The van der Waals surface area contributed by atoms with Crippen molar-refractivity contribution in [1.29, 1.82) is 0 Å². The Kier molecular flexibility index (Phi) is 6.13. The monoisotopic (exact) mass is 299 g/mol. The fraction of sp³-hybridized carbons (Fsp3) is 0.471. The molecule has 0 spiro atoms. The van der Waals surface area contributed by atoms with Gasteiger partial charge in [0.1, 0.15) is 0 Å². The highest BCUT2D eigenvalue weighted by Gasteiger charge is 2.09. The first kappa shape index (κ1) is 16.2. The molecule has 0 fully saturated rings. The van der Waals surface area contributed by atoms with E-state index in [9.17, 15) is 0 Å². The van der Waals surface area contributed by atoms with E-state index in [1.165, 1.54) is 11.1 Å². The molecule has 0 aliphatic carbocycles. The van der Waals surface area contributed by atoms with Crippen molar-refractivity contribution in [3.05, 3.63) is 41.6 Å². The van der Waals surface area contributed by atoms with Crippen LogP contribution in [0.4, 0.5) is 11.8 Å². The summed E-state index contributed by atoms with van der Waals surface area (Å²) < 4.78 is 0. The zero-order valence-electron chi connectivity index (χ0n) is 13.7. The molecule has 1 aromatic heterocycles. The molecular formula is C17H25N5. The SMILES string of the molecule is CCCN(CCC)c1nncc(NCc2cccc(C)c2)n1. The molecule has 1 aromatic carbocycles. The molecule has 0 unspecified atom stereocenters. The van der Waals surface area contributed by atoms with Gasteiger partial charge in [0.15, 0.2) is 5.82 Å². The highest BCUT2D eigenvalue weighted by Crippen LogP contribution is 2.12. The van der Waals surface area contributed by atoms with Crippen LogP contribution in [0.2, 0.25) is 0 Å². The molecule has 5 nitrogen and oxygen atoms in total. The topological polar surface area (TPSA) is 53.9 Å². The number of anilines is 2. The van der Waals surface area contributed by atoms with Crippen molar-refractivity contribution < 1.29 is 0 Å². The van der Waals surface area contributed by atoms with Gasteiger partial charge in [-0.3, -0.25) is 0 Å². The van der Waals surface area contributed by atoms with Gasteiger partial charge in [-0.1, -0.05) is 43.7 Å². The van der Waals surface area contributed by atoms with Gasteiger partial charge in [0, 0.05) is 19.6 Å². The van der Waals surface area contributed by atoms with Gasteiger partial charge in [0.25, 0.3) is 0 Å². The minimum Gasteiger partial charge on any atom is -0.365 e. The maximum atomic E-state index is 4.59. The number of benzene rings is 1. The number of aromatic nitrogens is 3. The molecule has 5 heteroatoms. The number of hydrogen-bond donors (Lipinski definition) is 1. The fourth-order valence-corrected chi connectivity index (χ4v) is 2.38. The predicted molar refractivity (Wildman–Crippen MR) is 91.1 cm³/mol. The summed E-state index contributed by atoms with van der Waals surface area (Å²) in [4.78, 5) is 6.77. The number of hydrogen-bond acceptors (Lipinski definition) is 5. The second-order valence-electron chi connectivity index (χ2n) is 5.47. The summed E-state index contributed by atoms with van der Waals surface area (Å²) in [6, 6.07) is 8.44. The molecule has 0 saturated carbocycles. The van der Waals surface area contributed by atoms with E-state index in [2.05, 4.69) is 70.4 Å². The van der Waals surface area contributed by atoms with Crippen molar-refractivity contribution in [1.82, 2.24) is 15.2 Å². The maximum Gasteiger partial charge on any atom is 0.247 e. The van der Waals surface area contributed by atoms with Crippen LogP contribution in [0.25, 0.3) is 0 Å². The predicted octanol–water partition coefficient (Wildman–Crippen LogP) is 3.42. The van der Waals surface area contributed by atoms with E-state index in [-0.39, 0.29) is 0 Å². The Balaban J connectivity index is 2.04. The Bertz CT molecular complexity index is 579. The van der Waals surface area contributed by atoms with Gasteiger partial charge in [-0.15, -0.1) is 5.10 Å². The molecule has 0 aliphatic rings. The van der Waals surface area contributed by atoms with Crippen LogP contribution in [0.5, 0.6) is 0 Å². The zero-order valence-corrected chi connectivity index (χ0v) is 13.7. The molecule has 0 bridgehead atoms. The molecule has 22 heavy (non-hydrogen) atoms. The highest BCUT2D eigenvalue weighted by molar-refractivity contribution is 5.39. The molecule has 2 rings (SSSR count). The van der Waals surface area contributed by atoms with Crippen molar-refractivity contribution in [2.45, 2.75) is 40.2 Å². The molecule has 1 N–H and O–H groups in total. The van der Waals surface area contributed by atoms with Crippen molar-refractivity contribution in [3.8, 4) is 0 Å². The van der Waals surface area contributed by atoms with E-state index in [0.717, 1.165) is 38.3 Å². The van der Waals surface area contributed by atoms with Crippen LogP contribution < -0.4 is 10.2 Å². The molecule has 0 saturated heterocycles. The molecule has 1 heterocycles. The average Bonchev–Trinajstić information content (AvgIpc) is 2.53. The molecule has 2 aromatic rings. The third-order valence-electron chi connectivity index (χ3n) is 3.37. The minimum atomic E-state index is 0.706. The molecule has 0 atom stereocenters. The lowest BCUT2D eigenvalue weighted by Crippen LogP contribution is -2.27. The summed E-state index contributed by atoms with van der Waals surface area (Å²) in [6.45, 7) is 9.07. The second-order valence-corrected chi connectivity index (χ2v) is 5.47. The van der Waals surface area contributed by atoms with Gasteiger partial charge in [-0.2, -0.15) is 10.1 Å². The van der Waals surface area contributed by atoms with Gasteiger partial charge in [0.05, 0.1) is 6.20 Å². The molecule has 0 amide bonds. The quantitative estimate of drug-likeness (QED) is 0.809. The first-order valence-electron chi connectivity index (χ1n) is 7.97. The number of rotatable bonds is 8. The van der Waals surface area contributed by atoms with E-state index in [1.54, 1.807) is 6.20 Å².